The van der Waals surface area contributed by atoms with Crippen molar-refractivity contribution in [3.63, 3.8) is 0 Å². The lowest BCUT2D eigenvalue weighted by Crippen LogP contribution is -2.40. The fourth-order valence-electron chi connectivity index (χ4n) is 2.48. The first-order valence-corrected chi connectivity index (χ1v) is 7.06. The van der Waals surface area contributed by atoms with Gasteiger partial charge in [-0.3, -0.25) is 14.3 Å². The first-order chi connectivity index (χ1) is 9.50. The van der Waals surface area contributed by atoms with Crippen LogP contribution in [0.4, 0.5) is 0 Å². The number of aromatic nitrogens is 3. The number of rotatable bonds is 5. The molecule has 5 nitrogen and oxygen atoms in total. The summed E-state index contributed by atoms with van der Waals surface area (Å²) in [5, 5.41) is 0. The van der Waals surface area contributed by atoms with Gasteiger partial charge in [0.1, 0.15) is 0 Å². The molecular formula is C15H22N4O. The monoisotopic (exact) mass is 274 g/mol. The van der Waals surface area contributed by atoms with E-state index in [1.165, 1.54) is 0 Å². The van der Waals surface area contributed by atoms with Crippen molar-refractivity contribution in [2.45, 2.75) is 46.3 Å². The fourth-order valence-corrected chi connectivity index (χ4v) is 2.48. The van der Waals surface area contributed by atoms with Crippen molar-refractivity contribution in [3.05, 3.63) is 35.0 Å². The van der Waals surface area contributed by atoms with E-state index >= 15 is 0 Å². The quantitative estimate of drug-likeness (QED) is 0.835. The topological polar surface area (TPSA) is 51.0 Å². The van der Waals surface area contributed by atoms with E-state index in [9.17, 15) is 4.79 Å². The third kappa shape index (κ3) is 3.04. The fraction of sp³-hybridized carbons (Fsp3) is 0.533. The summed E-state index contributed by atoms with van der Waals surface area (Å²) < 4.78 is 1.65. The number of nitrogens with zero attached hydrogens (tertiary/aromatic N) is 4. The van der Waals surface area contributed by atoms with E-state index in [4.69, 9.17) is 0 Å². The van der Waals surface area contributed by atoms with Gasteiger partial charge in [-0.05, 0) is 39.8 Å². The average Bonchev–Trinajstić information content (AvgIpc) is 2.41. The molecule has 0 atom stereocenters. The maximum Gasteiger partial charge on any atom is 0.279 e. The summed E-state index contributed by atoms with van der Waals surface area (Å²) in [4.78, 5) is 23.1. The molecule has 2 aromatic heterocycles. The number of fused-ring (bicyclic) bond motifs is 1. The van der Waals surface area contributed by atoms with E-state index in [0.717, 1.165) is 6.54 Å². The van der Waals surface area contributed by atoms with Crippen LogP contribution in [0.2, 0.25) is 0 Å². The van der Waals surface area contributed by atoms with Gasteiger partial charge in [-0.25, -0.2) is 9.97 Å². The zero-order valence-corrected chi connectivity index (χ0v) is 12.6. The van der Waals surface area contributed by atoms with Crippen LogP contribution in [0, 0.1) is 0 Å². The van der Waals surface area contributed by atoms with Crippen LogP contribution in [0.25, 0.3) is 11.0 Å². The van der Waals surface area contributed by atoms with Crippen LogP contribution in [0.3, 0.4) is 0 Å². The summed E-state index contributed by atoms with van der Waals surface area (Å²) in [6.07, 6.45) is 3.25. The molecule has 0 radical (unpaired) electrons. The van der Waals surface area contributed by atoms with Crippen LogP contribution < -0.4 is 5.56 Å². The first kappa shape index (κ1) is 14.7. The summed E-state index contributed by atoms with van der Waals surface area (Å²) in [6.45, 7) is 10.1. The lowest BCUT2D eigenvalue weighted by molar-refractivity contribution is 0.167. The molecule has 0 N–H and O–H groups in total. The Morgan fingerprint density at radius 2 is 1.90 bits per heavy atom. The molecule has 0 saturated carbocycles. The molecule has 108 valence electrons. The van der Waals surface area contributed by atoms with Crippen molar-refractivity contribution in [1.82, 2.24) is 19.4 Å². The molecule has 20 heavy (non-hydrogen) atoms. The molecule has 2 rings (SSSR count). The molecular weight excluding hydrogens is 252 g/mol. The zero-order valence-electron chi connectivity index (χ0n) is 12.6. The minimum absolute atomic E-state index is 0.0666. The molecule has 0 unspecified atom stereocenters. The van der Waals surface area contributed by atoms with Gasteiger partial charge < -0.3 is 0 Å². The Bertz CT molecular complexity index is 625. The van der Waals surface area contributed by atoms with Crippen LogP contribution in [-0.2, 0) is 6.54 Å². The van der Waals surface area contributed by atoms with Crippen molar-refractivity contribution in [1.29, 1.82) is 0 Å². The molecule has 0 aliphatic carbocycles. The molecule has 2 heterocycles. The predicted molar refractivity (Wildman–Crippen MR) is 80.8 cm³/mol. The molecule has 0 aliphatic heterocycles. The molecule has 0 fully saturated rings. The summed E-state index contributed by atoms with van der Waals surface area (Å²) in [5.41, 5.74) is 1.03. The van der Waals surface area contributed by atoms with Gasteiger partial charge in [0.2, 0.25) is 0 Å². The first-order valence-electron chi connectivity index (χ1n) is 7.06. The molecule has 0 aromatic carbocycles. The average molecular weight is 274 g/mol. The third-order valence-corrected chi connectivity index (χ3v) is 3.51. The van der Waals surface area contributed by atoms with Gasteiger partial charge in [0.15, 0.2) is 5.52 Å². The SMILES string of the molecule is CC(C)N(CCn1cnc2cccnc2c1=O)C(C)C. The second-order valence-corrected chi connectivity index (χ2v) is 5.54. The van der Waals surface area contributed by atoms with Gasteiger partial charge in [0.05, 0.1) is 11.8 Å². The van der Waals surface area contributed by atoms with Crippen LogP contribution in [0.1, 0.15) is 27.7 Å². The van der Waals surface area contributed by atoms with Crippen molar-refractivity contribution in [2.75, 3.05) is 6.54 Å². The number of pyridine rings is 1. The van der Waals surface area contributed by atoms with Crippen LogP contribution in [0.15, 0.2) is 29.5 Å². The number of hydrogen-bond acceptors (Lipinski definition) is 4. The van der Waals surface area contributed by atoms with Crippen molar-refractivity contribution in [3.8, 4) is 0 Å². The van der Waals surface area contributed by atoms with Crippen LogP contribution in [0.5, 0.6) is 0 Å². The van der Waals surface area contributed by atoms with Crippen molar-refractivity contribution < 1.29 is 0 Å². The summed E-state index contributed by atoms with van der Waals surface area (Å²) >= 11 is 0. The Balaban J connectivity index is 2.22. The van der Waals surface area contributed by atoms with Gasteiger partial charge in [0.25, 0.3) is 5.56 Å². The Kier molecular flexibility index (Phi) is 4.49. The van der Waals surface area contributed by atoms with Gasteiger partial charge >= 0.3 is 0 Å². The molecule has 0 aliphatic rings. The van der Waals surface area contributed by atoms with Crippen molar-refractivity contribution in [2.24, 2.45) is 0 Å². The van der Waals surface area contributed by atoms with E-state index < -0.39 is 0 Å². The minimum atomic E-state index is -0.0666. The Morgan fingerprint density at radius 1 is 1.20 bits per heavy atom. The van der Waals surface area contributed by atoms with E-state index in [1.807, 2.05) is 6.07 Å². The van der Waals surface area contributed by atoms with Gasteiger partial charge in [-0.15, -0.1) is 0 Å². The Morgan fingerprint density at radius 3 is 2.55 bits per heavy atom. The highest BCUT2D eigenvalue weighted by Crippen LogP contribution is 2.05. The van der Waals surface area contributed by atoms with E-state index in [-0.39, 0.29) is 5.56 Å². The van der Waals surface area contributed by atoms with E-state index in [2.05, 4.69) is 42.6 Å². The molecule has 0 saturated heterocycles. The highest BCUT2D eigenvalue weighted by molar-refractivity contribution is 5.71. The maximum absolute atomic E-state index is 12.3. The third-order valence-electron chi connectivity index (χ3n) is 3.51. The van der Waals surface area contributed by atoms with E-state index in [1.54, 1.807) is 23.2 Å². The second kappa shape index (κ2) is 6.13. The Hall–Kier alpha value is -1.75. The smallest absolute Gasteiger partial charge is 0.279 e. The van der Waals surface area contributed by atoms with Crippen molar-refractivity contribution >= 4 is 11.0 Å². The normalized spacial score (nSPS) is 11.9. The highest BCUT2D eigenvalue weighted by Gasteiger charge is 2.13. The summed E-state index contributed by atoms with van der Waals surface area (Å²) in [5.74, 6) is 0. The molecule has 0 bridgehead atoms. The largest absolute Gasteiger partial charge is 0.297 e. The molecule has 0 spiro atoms. The summed E-state index contributed by atoms with van der Waals surface area (Å²) in [6, 6.07) is 4.51. The van der Waals surface area contributed by atoms with Gasteiger partial charge in [-0.1, -0.05) is 0 Å². The second-order valence-electron chi connectivity index (χ2n) is 5.54. The number of hydrogen-bond donors (Lipinski definition) is 0. The standard InChI is InChI=1S/C15H22N4O/c1-11(2)19(12(3)4)9-8-18-10-17-13-6-5-7-16-14(13)15(18)20/h5-7,10-12H,8-9H2,1-4H3. The van der Waals surface area contributed by atoms with Crippen LogP contribution in [-0.4, -0.2) is 38.1 Å². The molecule has 2 aromatic rings. The predicted octanol–water partition coefficient (Wildman–Crippen LogP) is 1.91. The highest BCUT2D eigenvalue weighted by atomic mass is 16.1. The maximum atomic E-state index is 12.3. The lowest BCUT2D eigenvalue weighted by atomic mass is 10.2. The molecule has 5 heteroatoms. The van der Waals surface area contributed by atoms with E-state index in [0.29, 0.717) is 29.7 Å². The summed E-state index contributed by atoms with van der Waals surface area (Å²) in [7, 11) is 0. The molecule has 0 amide bonds. The zero-order chi connectivity index (χ0) is 14.7. The minimum Gasteiger partial charge on any atom is -0.297 e. The van der Waals surface area contributed by atoms with Gasteiger partial charge in [-0.2, -0.15) is 0 Å². The van der Waals surface area contributed by atoms with Gasteiger partial charge in [0, 0.05) is 31.4 Å². The van der Waals surface area contributed by atoms with Crippen LogP contribution >= 0.6 is 0 Å². The lowest BCUT2D eigenvalue weighted by Gasteiger charge is -2.30. The Labute approximate surface area is 119 Å².